The van der Waals surface area contributed by atoms with E-state index in [1.54, 1.807) is 12.4 Å². The molecule has 1 heterocycles. The van der Waals surface area contributed by atoms with Crippen LogP contribution in [0.25, 0.3) is 0 Å². The molecule has 2 N–H and O–H groups in total. The van der Waals surface area contributed by atoms with Gasteiger partial charge in [-0.3, -0.25) is 9.98 Å². The van der Waals surface area contributed by atoms with E-state index in [0.29, 0.717) is 18.4 Å². The molecule has 5 heteroatoms. The topological polar surface area (TPSA) is 60.5 Å². The summed E-state index contributed by atoms with van der Waals surface area (Å²) in [4.78, 5) is 8.70. The maximum Gasteiger partial charge on any atom is 0.192 e. The second-order valence-electron chi connectivity index (χ2n) is 7.63. The first-order chi connectivity index (χ1) is 10.0. The molecular formula is C17H31N3OSi. The van der Waals surface area contributed by atoms with Gasteiger partial charge >= 0.3 is 0 Å². The van der Waals surface area contributed by atoms with E-state index in [0.717, 1.165) is 5.56 Å². The highest BCUT2D eigenvalue weighted by Crippen LogP contribution is 2.36. The zero-order chi connectivity index (χ0) is 17.0. The van der Waals surface area contributed by atoms with Gasteiger partial charge in [0.05, 0.1) is 12.6 Å². The van der Waals surface area contributed by atoms with Crippen LogP contribution >= 0.6 is 0 Å². The van der Waals surface area contributed by atoms with Crippen molar-refractivity contribution in [2.24, 2.45) is 16.6 Å². The van der Waals surface area contributed by atoms with Crippen LogP contribution in [-0.2, 0) is 4.43 Å². The Balaban J connectivity index is 2.83. The summed E-state index contributed by atoms with van der Waals surface area (Å²) in [7, 11) is -1.76. The molecule has 0 saturated heterocycles. The largest absolute Gasteiger partial charge is 0.415 e. The second kappa shape index (κ2) is 7.37. The lowest BCUT2D eigenvalue weighted by molar-refractivity contribution is 0.239. The van der Waals surface area contributed by atoms with Gasteiger partial charge in [-0.2, -0.15) is 0 Å². The van der Waals surface area contributed by atoms with Crippen molar-refractivity contribution >= 4 is 14.2 Å². The Morgan fingerprint density at radius 1 is 1.27 bits per heavy atom. The van der Waals surface area contributed by atoms with Gasteiger partial charge in [-0.1, -0.05) is 34.6 Å². The van der Waals surface area contributed by atoms with E-state index in [2.05, 4.69) is 52.7 Å². The summed E-state index contributed by atoms with van der Waals surface area (Å²) in [6.45, 7) is 16.2. The third kappa shape index (κ3) is 5.21. The number of nitrogens with two attached hydrogens (primary N) is 1. The molecular weight excluding hydrogens is 290 g/mol. The molecule has 0 bridgehead atoms. The molecule has 0 saturated carbocycles. The molecule has 0 aliphatic carbocycles. The Hall–Kier alpha value is -1.20. The van der Waals surface area contributed by atoms with E-state index in [1.165, 1.54) is 0 Å². The summed E-state index contributed by atoms with van der Waals surface area (Å²) in [5.74, 6) is 0.935. The van der Waals surface area contributed by atoms with E-state index < -0.39 is 8.32 Å². The van der Waals surface area contributed by atoms with Gasteiger partial charge in [0, 0.05) is 18.0 Å². The Labute approximate surface area is 136 Å². The number of nitrogens with zero attached hydrogens (tertiary/aromatic N) is 2. The minimum absolute atomic E-state index is 0.0716. The molecule has 22 heavy (non-hydrogen) atoms. The van der Waals surface area contributed by atoms with Crippen LogP contribution < -0.4 is 5.73 Å². The van der Waals surface area contributed by atoms with Crippen molar-refractivity contribution in [3.05, 3.63) is 30.1 Å². The Bertz CT molecular complexity index is 492. The zero-order valence-electron chi connectivity index (χ0n) is 15.1. The van der Waals surface area contributed by atoms with Gasteiger partial charge in [0.2, 0.25) is 0 Å². The van der Waals surface area contributed by atoms with Crippen LogP contribution in [0.5, 0.6) is 0 Å². The van der Waals surface area contributed by atoms with Gasteiger partial charge in [0.15, 0.2) is 8.32 Å². The first kappa shape index (κ1) is 18.8. The first-order valence-corrected chi connectivity index (χ1v) is 10.8. The van der Waals surface area contributed by atoms with Crippen molar-refractivity contribution in [1.82, 2.24) is 4.98 Å². The lowest BCUT2D eigenvalue weighted by Crippen LogP contribution is -2.43. The lowest BCUT2D eigenvalue weighted by Gasteiger charge is -2.37. The summed E-state index contributed by atoms with van der Waals surface area (Å²) >= 11 is 0. The molecule has 1 unspecified atom stereocenters. The van der Waals surface area contributed by atoms with E-state index in [9.17, 15) is 0 Å². The summed E-state index contributed by atoms with van der Waals surface area (Å²) in [6.07, 6.45) is 3.46. The predicted molar refractivity (Wildman–Crippen MR) is 96.7 cm³/mol. The molecule has 0 radical (unpaired) electrons. The highest BCUT2D eigenvalue weighted by molar-refractivity contribution is 6.74. The first-order valence-electron chi connectivity index (χ1n) is 7.92. The Kier molecular flexibility index (Phi) is 6.32. The molecule has 0 amide bonds. The third-order valence-electron chi connectivity index (χ3n) is 4.47. The van der Waals surface area contributed by atoms with Gasteiger partial charge < -0.3 is 10.2 Å². The number of rotatable bonds is 6. The molecule has 124 valence electrons. The standard InChI is InChI=1S/C17H31N3OSi/c1-13(2)15(12-21-22(6,7)17(3,4)5)20-16(18)14-8-10-19-11-9-14/h8-11,13,15H,12H2,1-7H3,(H2,18,20). The molecule has 0 spiro atoms. The zero-order valence-corrected chi connectivity index (χ0v) is 16.1. The van der Waals surface area contributed by atoms with Crippen LogP contribution in [0.2, 0.25) is 18.1 Å². The van der Waals surface area contributed by atoms with E-state index >= 15 is 0 Å². The fraction of sp³-hybridized carbons (Fsp3) is 0.647. The Morgan fingerprint density at radius 3 is 2.27 bits per heavy atom. The van der Waals surface area contributed by atoms with Crippen LogP contribution in [0, 0.1) is 5.92 Å². The molecule has 4 nitrogen and oxygen atoms in total. The number of aromatic nitrogens is 1. The fourth-order valence-corrected chi connectivity index (χ4v) is 2.69. The van der Waals surface area contributed by atoms with Crippen LogP contribution in [0.4, 0.5) is 0 Å². The van der Waals surface area contributed by atoms with Crippen LogP contribution in [0.15, 0.2) is 29.5 Å². The van der Waals surface area contributed by atoms with Crippen molar-refractivity contribution < 1.29 is 4.43 Å². The molecule has 0 aromatic carbocycles. The summed E-state index contributed by atoms with van der Waals surface area (Å²) in [5.41, 5.74) is 7.05. The number of amidine groups is 1. The SMILES string of the molecule is CC(C)C(CO[Si](C)(C)C(C)(C)C)N=C(N)c1ccncc1. The number of hydrogen-bond acceptors (Lipinski definition) is 3. The average Bonchev–Trinajstić information content (AvgIpc) is 2.42. The molecule has 1 atom stereocenters. The predicted octanol–water partition coefficient (Wildman–Crippen LogP) is 3.83. The summed E-state index contributed by atoms with van der Waals surface area (Å²) < 4.78 is 6.32. The molecule has 0 aliphatic heterocycles. The fourth-order valence-electron chi connectivity index (χ4n) is 1.66. The maximum atomic E-state index is 6.32. The highest BCUT2D eigenvalue weighted by atomic mass is 28.4. The second-order valence-corrected chi connectivity index (χ2v) is 12.4. The summed E-state index contributed by atoms with van der Waals surface area (Å²) in [6, 6.07) is 3.83. The molecule has 1 rings (SSSR count). The quantitative estimate of drug-likeness (QED) is 0.492. The lowest BCUT2D eigenvalue weighted by atomic mass is 10.1. The van der Waals surface area contributed by atoms with Crippen molar-refractivity contribution in [3.8, 4) is 0 Å². The summed E-state index contributed by atoms with van der Waals surface area (Å²) in [5, 5.41) is 0.203. The van der Waals surface area contributed by atoms with Crippen molar-refractivity contribution in [2.75, 3.05) is 6.61 Å². The van der Waals surface area contributed by atoms with Crippen LogP contribution in [-0.4, -0.2) is 31.8 Å². The highest BCUT2D eigenvalue weighted by Gasteiger charge is 2.37. The minimum atomic E-state index is -1.76. The van der Waals surface area contributed by atoms with Gasteiger partial charge in [-0.15, -0.1) is 0 Å². The Morgan fingerprint density at radius 2 is 1.82 bits per heavy atom. The van der Waals surface area contributed by atoms with E-state index in [4.69, 9.17) is 15.2 Å². The molecule has 1 aromatic heterocycles. The third-order valence-corrected chi connectivity index (χ3v) is 8.97. The normalized spacial score (nSPS) is 15.2. The van der Waals surface area contributed by atoms with Gasteiger partial charge in [0.25, 0.3) is 0 Å². The number of hydrogen-bond donors (Lipinski definition) is 1. The van der Waals surface area contributed by atoms with Gasteiger partial charge in [0.1, 0.15) is 5.84 Å². The van der Waals surface area contributed by atoms with Crippen molar-refractivity contribution in [1.29, 1.82) is 0 Å². The van der Waals surface area contributed by atoms with Gasteiger partial charge in [-0.25, -0.2) is 0 Å². The molecule has 0 aliphatic rings. The van der Waals surface area contributed by atoms with E-state index in [1.807, 2.05) is 12.1 Å². The molecule has 0 fully saturated rings. The minimum Gasteiger partial charge on any atom is -0.415 e. The molecule has 1 aromatic rings. The van der Waals surface area contributed by atoms with E-state index in [-0.39, 0.29) is 11.1 Å². The average molecular weight is 322 g/mol. The smallest absolute Gasteiger partial charge is 0.192 e. The van der Waals surface area contributed by atoms with Crippen molar-refractivity contribution in [3.63, 3.8) is 0 Å². The number of aliphatic imine (C=N–C) groups is 1. The number of pyridine rings is 1. The maximum absolute atomic E-state index is 6.32. The van der Waals surface area contributed by atoms with Gasteiger partial charge in [-0.05, 0) is 36.2 Å². The van der Waals surface area contributed by atoms with Crippen LogP contribution in [0.1, 0.15) is 40.2 Å². The van der Waals surface area contributed by atoms with Crippen molar-refractivity contribution in [2.45, 2.75) is 58.8 Å². The van der Waals surface area contributed by atoms with Crippen LogP contribution in [0.3, 0.4) is 0 Å². The monoisotopic (exact) mass is 321 g/mol.